The summed E-state index contributed by atoms with van der Waals surface area (Å²) in [6.45, 7) is 3.02. The second-order valence-electron chi connectivity index (χ2n) is 13.2. The maximum atomic E-state index is 14.0. The lowest BCUT2D eigenvalue weighted by molar-refractivity contribution is -0.140. The van der Waals surface area contributed by atoms with Crippen molar-refractivity contribution in [2.24, 2.45) is 5.92 Å². The SMILES string of the molecule is CC(C)[C@H](NC(=O)[C@H](Cc1ccc2ccccc2n1)NC(=O)[C@H](CC(=O)O)NC(=O)OCc1ccccc1)C(=O)NC(/C=C/S(=O)(=O)c1ccccc1)CC(=O)O. The molecule has 0 spiro atoms. The van der Waals surface area contributed by atoms with E-state index in [1.54, 1.807) is 74.5 Å². The van der Waals surface area contributed by atoms with Crippen molar-refractivity contribution in [1.82, 2.24) is 26.3 Å². The minimum Gasteiger partial charge on any atom is -0.481 e. The van der Waals surface area contributed by atoms with Crippen molar-refractivity contribution >= 4 is 56.5 Å². The van der Waals surface area contributed by atoms with Crippen LogP contribution in [0, 0.1) is 5.92 Å². The number of aromatic nitrogens is 1. The second kappa shape index (κ2) is 20.3. The lowest BCUT2D eigenvalue weighted by Gasteiger charge is -2.27. The molecule has 6 N–H and O–H groups in total. The Bertz CT molecular complexity index is 2200. The maximum Gasteiger partial charge on any atom is 0.408 e. The minimum absolute atomic E-state index is 0.0483. The number of pyridine rings is 1. The predicted octanol–water partition coefficient (Wildman–Crippen LogP) is 3.12. The number of sulfone groups is 1. The number of fused-ring (bicyclic) bond motifs is 1. The molecular formula is C40H43N5O11S. The molecule has 0 bridgehead atoms. The van der Waals surface area contributed by atoms with E-state index in [9.17, 15) is 47.4 Å². The quantitative estimate of drug-likeness (QED) is 0.0801. The smallest absolute Gasteiger partial charge is 0.408 e. The zero-order valence-electron chi connectivity index (χ0n) is 31.0. The molecule has 0 aliphatic heterocycles. The number of hydrogen-bond acceptors (Lipinski definition) is 10. The molecule has 0 saturated heterocycles. The summed E-state index contributed by atoms with van der Waals surface area (Å²) in [5.74, 6) is -6.20. The minimum atomic E-state index is -4.00. The Labute approximate surface area is 328 Å². The number of carbonyl (C=O) groups excluding carboxylic acids is 4. The fraction of sp³-hybridized carbons (Fsp3) is 0.275. The highest BCUT2D eigenvalue weighted by Crippen LogP contribution is 2.15. The number of amides is 4. The van der Waals surface area contributed by atoms with Gasteiger partial charge in [-0.25, -0.2) is 13.2 Å². The normalized spacial score (nSPS) is 13.5. The molecule has 0 aliphatic carbocycles. The molecule has 4 amide bonds. The molecule has 4 aromatic rings. The average molecular weight is 802 g/mol. The van der Waals surface area contributed by atoms with Crippen LogP contribution in [0.4, 0.5) is 4.79 Å². The van der Waals surface area contributed by atoms with Crippen LogP contribution in [-0.4, -0.2) is 83.5 Å². The summed E-state index contributed by atoms with van der Waals surface area (Å²) in [7, 11) is -4.00. The Morgan fingerprint density at radius 2 is 1.32 bits per heavy atom. The largest absolute Gasteiger partial charge is 0.481 e. The van der Waals surface area contributed by atoms with Crippen LogP contribution in [0.25, 0.3) is 10.9 Å². The molecule has 1 heterocycles. The molecule has 4 rings (SSSR count). The van der Waals surface area contributed by atoms with Gasteiger partial charge in [-0.2, -0.15) is 0 Å². The molecule has 3 aromatic carbocycles. The van der Waals surface area contributed by atoms with Crippen LogP contribution in [0.5, 0.6) is 0 Å². The summed E-state index contributed by atoms with van der Waals surface area (Å²) in [4.78, 5) is 81.9. The van der Waals surface area contributed by atoms with E-state index in [-0.39, 0.29) is 17.9 Å². The first kappa shape index (κ1) is 43.1. The maximum absolute atomic E-state index is 14.0. The highest BCUT2D eigenvalue weighted by atomic mass is 32.2. The lowest BCUT2D eigenvalue weighted by Crippen LogP contribution is -2.59. The van der Waals surface area contributed by atoms with Crippen molar-refractivity contribution in [2.45, 2.75) is 68.8 Å². The summed E-state index contributed by atoms with van der Waals surface area (Å²) in [5, 5.41) is 30.5. The Morgan fingerprint density at radius 3 is 1.96 bits per heavy atom. The first-order valence-corrected chi connectivity index (χ1v) is 19.3. The molecule has 1 aromatic heterocycles. The average Bonchev–Trinajstić information content (AvgIpc) is 3.17. The van der Waals surface area contributed by atoms with Crippen molar-refractivity contribution in [1.29, 1.82) is 0 Å². The van der Waals surface area contributed by atoms with Gasteiger partial charge in [-0.05, 0) is 41.8 Å². The van der Waals surface area contributed by atoms with Crippen LogP contribution in [0.2, 0.25) is 0 Å². The summed E-state index contributed by atoms with van der Waals surface area (Å²) in [6.07, 6.45) is -1.86. The topological polar surface area (TPSA) is 247 Å². The van der Waals surface area contributed by atoms with Crippen molar-refractivity contribution in [2.75, 3.05) is 0 Å². The monoisotopic (exact) mass is 801 g/mol. The van der Waals surface area contributed by atoms with E-state index in [0.717, 1.165) is 16.9 Å². The zero-order valence-corrected chi connectivity index (χ0v) is 31.8. The van der Waals surface area contributed by atoms with Crippen LogP contribution in [0.1, 0.15) is 37.9 Å². The number of benzene rings is 3. The van der Waals surface area contributed by atoms with Gasteiger partial charge >= 0.3 is 18.0 Å². The number of carbonyl (C=O) groups is 6. The summed E-state index contributed by atoms with van der Waals surface area (Å²) in [5.41, 5.74) is 1.56. The summed E-state index contributed by atoms with van der Waals surface area (Å²) in [6, 6.07) is 20.7. The summed E-state index contributed by atoms with van der Waals surface area (Å²) < 4.78 is 30.8. The predicted molar refractivity (Wildman–Crippen MR) is 207 cm³/mol. The Hall–Kier alpha value is -6.62. The first-order chi connectivity index (χ1) is 27.1. The van der Waals surface area contributed by atoms with Gasteiger partial charge in [0.05, 0.1) is 29.3 Å². The van der Waals surface area contributed by atoms with Crippen LogP contribution < -0.4 is 21.3 Å². The third-order valence-corrected chi connectivity index (χ3v) is 9.88. The fourth-order valence-corrected chi connectivity index (χ4v) is 6.60. The molecule has 4 atom stereocenters. The first-order valence-electron chi connectivity index (χ1n) is 17.8. The molecule has 57 heavy (non-hydrogen) atoms. The number of carboxylic acid groups (broad SMARTS) is 2. The standard InChI is InChI=1S/C40H43N5O11S/c1-25(2)36(39(52)42-29(22-34(46)47)19-20-57(54,55)30-14-7-4-8-15-30)45-38(51)32(21-28-18-17-27-13-9-10-16-31(27)41-28)43-37(50)33(23-35(48)49)44-40(53)56-24-26-11-5-3-6-12-26/h3-20,25,29,32-33,36H,21-24H2,1-2H3,(H,42,52)(H,43,50)(H,44,53)(H,45,51)(H,46,47)(H,48,49)/b20-19+/t29?,32-,33-,36-/m0/s1. The Kier molecular flexibility index (Phi) is 15.4. The van der Waals surface area contributed by atoms with Gasteiger partial charge < -0.3 is 36.2 Å². The molecule has 1 unspecified atom stereocenters. The number of alkyl carbamates (subject to hydrolysis) is 1. The Morgan fingerprint density at radius 1 is 0.702 bits per heavy atom. The van der Waals surface area contributed by atoms with E-state index in [4.69, 9.17) is 4.74 Å². The van der Waals surface area contributed by atoms with Gasteiger partial charge in [-0.15, -0.1) is 0 Å². The molecule has 16 nitrogen and oxygen atoms in total. The van der Waals surface area contributed by atoms with Crippen LogP contribution in [0.15, 0.2) is 113 Å². The van der Waals surface area contributed by atoms with Crippen LogP contribution in [0.3, 0.4) is 0 Å². The van der Waals surface area contributed by atoms with Crippen molar-refractivity contribution in [3.63, 3.8) is 0 Å². The van der Waals surface area contributed by atoms with Gasteiger partial charge in [-0.1, -0.05) is 86.6 Å². The number of nitrogens with one attached hydrogen (secondary N) is 4. The molecular weight excluding hydrogens is 759 g/mol. The number of nitrogens with zero attached hydrogens (tertiary/aromatic N) is 1. The van der Waals surface area contributed by atoms with Crippen molar-refractivity contribution in [3.05, 3.63) is 120 Å². The van der Waals surface area contributed by atoms with E-state index < -0.39 is 88.5 Å². The zero-order chi connectivity index (χ0) is 41.5. The van der Waals surface area contributed by atoms with E-state index in [0.29, 0.717) is 16.8 Å². The number of ether oxygens (including phenoxy) is 1. The number of hydrogen-bond donors (Lipinski definition) is 6. The molecule has 0 aliphatic rings. The number of aliphatic carboxylic acids is 2. The number of para-hydroxylation sites is 1. The molecule has 0 saturated carbocycles. The van der Waals surface area contributed by atoms with Crippen LogP contribution in [-0.2, 0) is 51.6 Å². The third-order valence-electron chi connectivity index (χ3n) is 8.43. The van der Waals surface area contributed by atoms with E-state index in [1.807, 2.05) is 12.1 Å². The second-order valence-corrected chi connectivity index (χ2v) is 15.1. The van der Waals surface area contributed by atoms with Crippen molar-refractivity contribution < 1.29 is 52.1 Å². The summed E-state index contributed by atoms with van der Waals surface area (Å²) >= 11 is 0. The molecule has 17 heteroatoms. The van der Waals surface area contributed by atoms with E-state index >= 15 is 0 Å². The Balaban J connectivity index is 1.56. The molecule has 300 valence electrons. The highest BCUT2D eigenvalue weighted by Gasteiger charge is 2.33. The fourth-order valence-electron chi connectivity index (χ4n) is 5.51. The highest BCUT2D eigenvalue weighted by molar-refractivity contribution is 7.94. The molecule has 0 fully saturated rings. The van der Waals surface area contributed by atoms with E-state index in [2.05, 4.69) is 26.3 Å². The van der Waals surface area contributed by atoms with Gasteiger partial charge in [0, 0.05) is 22.9 Å². The van der Waals surface area contributed by atoms with Gasteiger partial charge in [-0.3, -0.25) is 29.0 Å². The van der Waals surface area contributed by atoms with Gasteiger partial charge in [0.1, 0.15) is 24.7 Å². The van der Waals surface area contributed by atoms with E-state index in [1.165, 1.54) is 24.3 Å². The number of carboxylic acids is 2. The molecule has 0 radical (unpaired) electrons. The van der Waals surface area contributed by atoms with Gasteiger partial charge in [0.2, 0.25) is 17.7 Å². The van der Waals surface area contributed by atoms with Crippen molar-refractivity contribution in [3.8, 4) is 0 Å². The number of rotatable bonds is 19. The lowest BCUT2D eigenvalue weighted by atomic mass is 10.0. The van der Waals surface area contributed by atoms with Crippen LogP contribution >= 0.6 is 0 Å². The third kappa shape index (κ3) is 13.6. The van der Waals surface area contributed by atoms with Gasteiger partial charge in [0.15, 0.2) is 9.84 Å². The van der Waals surface area contributed by atoms with Gasteiger partial charge in [0.25, 0.3) is 0 Å².